The number of hydrogen-bond donors (Lipinski definition) is 2. The summed E-state index contributed by atoms with van der Waals surface area (Å²) in [7, 11) is 0. The molecule has 2 fully saturated rings. The average molecular weight is 760 g/mol. The highest BCUT2D eigenvalue weighted by molar-refractivity contribution is 6.30. The maximum atomic E-state index is 12.7. The van der Waals surface area contributed by atoms with Crippen LogP contribution in [-0.2, 0) is 17.6 Å². The summed E-state index contributed by atoms with van der Waals surface area (Å²) in [6.45, 7) is 10.5. The third kappa shape index (κ3) is 12.5. The van der Waals surface area contributed by atoms with Crippen molar-refractivity contribution in [2.45, 2.75) is 19.8 Å². The number of nitrogen functional groups attached to an aromatic ring is 1. The third-order valence-corrected chi connectivity index (χ3v) is 9.89. The monoisotopic (exact) mass is 758 g/mol. The van der Waals surface area contributed by atoms with Crippen LogP contribution in [0.4, 0.5) is 16.2 Å². The summed E-state index contributed by atoms with van der Waals surface area (Å²) in [5, 5.41) is 4.15. The summed E-state index contributed by atoms with van der Waals surface area (Å²) in [5.74, 6) is 0.109. The lowest BCUT2D eigenvalue weighted by Gasteiger charge is -2.34. The first-order valence-electron chi connectivity index (χ1n) is 18.1. The predicted molar refractivity (Wildman–Crippen MR) is 213 cm³/mol. The molecule has 0 aromatic heterocycles. The van der Waals surface area contributed by atoms with E-state index in [9.17, 15) is 14.4 Å². The molecule has 53 heavy (non-hydrogen) atoms. The Labute approximate surface area is 322 Å². The summed E-state index contributed by atoms with van der Waals surface area (Å²) in [5.41, 5.74) is 10.8. The third-order valence-electron chi connectivity index (χ3n) is 9.39. The van der Waals surface area contributed by atoms with E-state index >= 15 is 0 Å². The van der Waals surface area contributed by atoms with Gasteiger partial charge in [-0.3, -0.25) is 24.7 Å². The number of piperazine rings is 2. The summed E-state index contributed by atoms with van der Waals surface area (Å²) in [4.78, 5) is 45.3. The molecule has 280 valence electrons. The molecule has 2 aliphatic heterocycles. The van der Waals surface area contributed by atoms with Crippen LogP contribution in [0.5, 0.6) is 0 Å². The van der Waals surface area contributed by atoms with Gasteiger partial charge in [0.25, 0.3) is 11.8 Å². The number of nitrogens with two attached hydrogens (primary N) is 1. The first kappa shape index (κ1) is 39.6. The molecule has 0 atom stereocenters. The standard InChI is InChI=1S/C22H26ClN3O3.C19H22ClN3O/c1-2-29-22(28)24-20-9-5-18(6-10-20)21(27)26-15-13-25(14-16-26)12-11-17-3-7-19(23)8-4-17;20-17-5-1-15(2-6-17)9-10-22-11-13-23(14-12-22)19(24)16-3-7-18(21)8-4-16/h3-10H,2,11-16H2,1H3,(H,24,28);1-8H,9-14,21H2. The molecular formula is C41H48Cl2N6O4. The Balaban J connectivity index is 0.000000208. The summed E-state index contributed by atoms with van der Waals surface area (Å²) in [6, 6.07) is 30.0. The average Bonchev–Trinajstić information content (AvgIpc) is 3.18. The zero-order valence-electron chi connectivity index (χ0n) is 30.2. The molecule has 6 rings (SSSR count). The molecule has 4 aromatic carbocycles. The largest absolute Gasteiger partial charge is 0.450 e. The van der Waals surface area contributed by atoms with Gasteiger partial charge in [-0.1, -0.05) is 47.5 Å². The van der Waals surface area contributed by atoms with Gasteiger partial charge in [0.2, 0.25) is 0 Å². The van der Waals surface area contributed by atoms with Crippen LogP contribution in [0.2, 0.25) is 10.0 Å². The number of benzene rings is 4. The van der Waals surface area contributed by atoms with E-state index in [-0.39, 0.29) is 11.8 Å². The summed E-state index contributed by atoms with van der Waals surface area (Å²) < 4.78 is 4.85. The Morgan fingerprint density at radius 3 is 1.40 bits per heavy atom. The first-order valence-corrected chi connectivity index (χ1v) is 18.8. The molecule has 3 amide bonds. The minimum atomic E-state index is -0.499. The highest BCUT2D eigenvalue weighted by Crippen LogP contribution is 2.16. The number of amides is 3. The highest BCUT2D eigenvalue weighted by atomic mass is 35.5. The van der Waals surface area contributed by atoms with Crippen LogP contribution in [0.15, 0.2) is 97.1 Å². The number of carbonyl (C=O) groups is 3. The Kier molecular flexibility index (Phi) is 14.9. The lowest BCUT2D eigenvalue weighted by atomic mass is 10.1. The van der Waals surface area contributed by atoms with Gasteiger partial charge in [-0.05, 0) is 104 Å². The predicted octanol–water partition coefficient (Wildman–Crippen LogP) is 6.83. The maximum Gasteiger partial charge on any atom is 0.411 e. The van der Waals surface area contributed by atoms with Crippen molar-refractivity contribution in [3.8, 4) is 0 Å². The maximum absolute atomic E-state index is 12.7. The van der Waals surface area contributed by atoms with Crippen molar-refractivity contribution in [3.63, 3.8) is 0 Å². The van der Waals surface area contributed by atoms with E-state index in [1.54, 1.807) is 55.5 Å². The lowest BCUT2D eigenvalue weighted by Crippen LogP contribution is -2.49. The summed E-state index contributed by atoms with van der Waals surface area (Å²) in [6.07, 6.45) is 1.48. The van der Waals surface area contributed by atoms with Gasteiger partial charge in [0.05, 0.1) is 6.61 Å². The molecule has 2 saturated heterocycles. The second-order valence-corrected chi connectivity index (χ2v) is 13.9. The second kappa shape index (κ2) is 20.0. The Hall–Kier alpha value is -4.61. The molecule has 12 heteroatoms. The zero-order chi connectivity index (χ0) is 37.6. The number of anilines is 2. The van der Waals surface area contributed by atoms with Crippen LogP contribution in [0.3, 0.4) is 0 Å². The number of rotatable bonds is 10. The molecule has 2 aliphatic rings. The Morgan fingerprint density at radius 2 is 1.00 bits per heavy atom. The van der Waals surface area contributed by atoms with Crippen molar-refractivity contribution < 1.29 is 19.1 Å². The molecule has 0 spiro atoms. The number of halogens is 2. The van der Waals surface area contributed by atoms with Gasteiger partial charge in [-0.25, -0.2) is 4.79 Å². The highest BCUT2D eigenvalue weighted by Gasteiger charge is 2.23. The topological polar surface area (TPSA) is 111 Å². The minimum Gasteiger partial charge on any atom is -0.450 e. The molecule has 4 aromatic rings. The van der Waals surface area contributed by atoms with Crippen molar-refractivity contribution in [3.05, 3.63) is 129 Å². The van der Waals surface area contributed by atoms with E-state index < -0.39 is 6.09 Å². The van der Waals surface area contributed by atoms with Crippen LogP contribution in [0, 0.1) is 0 Å². The van der Waals surface area contributed by atoms with Crippen molar-refractivity contribution in [2.75, 3.05) is 83.1 Å². The second-order valence-electron chi connectivity index (χ2n) is 13.1. The fraction of sp³-hybridized carbons (Fsp3) is 0.341. The number of nitrogens with one attached hydrogen (secondary N) is 1. The van der Waals surface area contributed by atoms with Gasteiger partial charge in [0.1, 0.15) is 0 Å². The molecule has 3 N–H and O–H groups in total. The summed E-state index contributed by atoms with van der Waals surface area (Å²) >= 11 is 11.8. The van der Waals surface area contributed by atoms with Crippen molar-refractivity contribution in [1.82, 2.24) is 19.6 Å². The Bertz CT molecular complexity index is 1760. The van der Waals surface area contributed by atoms with E-state index in [4.69, 9.17) is 33.7 Å². The number of hydrogen-bond acceptors (Lipinski definition) is 7. The van der Waals surface area contributed by atoms with Gasteiger partial charge < -0.3 is 20.3 Å². The molecule has 2 heterocycles. The van der Waals surface area contributed by atoms with Gasteiger partial charge in [-0.15, -0.1) is 0 Å². The van der Waals surface area contributed by atoms with Gasteiger partial charge >= 0.3 is 6.09 Å². The van der Waals surface area contributed by atoms with E-state index in [1.165, 1.54) is 11.1 Å². The normalized spacial score (nSPS) is 14.9. The van der Waals surface area contributed by atoms with Gasteiger partial charge in [0, 0.05) is 98.0 Å². The molecular weight excluding hydrogens is 711 g/mol. The SMILES string of the molecule is CCOC(=O)Nc1ccc(C(=O)N2CCN(CCc3ccc(Cl)cc3)CC2)cc1.Nc1ccc(C(=O)N2CCN(CCc3ccc(Cl)cc3)CC2)cc1. The van der Waals surface area contributed by atoms with Crippen LogP contribution in [0.1, 0.15) is 38.8 Å². The number of ether oxygens (including phenoxy) is 1. The van der Waals surface area contributed by atoms with Crippen LogP contribution >= 0.6 is 23.2 Å². The molecule has 10 nitrogen and oxygen atoms in total. The van der Waals surface area contributed by atoms with Crippen LogP contribution < -0.4 is 11.1 Å². The lowest BCUT2D eigenvalue weighted by molar-refractivity contribution is 0.0632. The van der Waals surface area contributed by atoms with E-state index in [2.05, 4.69) is 39.4 Å². The zero-order valence-corrected chi connectivity index (χ0v) is 31.7. The Morgan fingerprint density at radius 1 is 0.604 bits per heavy atom. The van der Waals surface area contributed by atoms with Crippen molar-refractivity contribution in [1.29, 1.82) is 0 Å². The fourth-order valence-electron chi connectivity index (χ4n) is 6.20. The number of nitrogens with zero attached hydrogens (tertiary/aromatic N) is 4. The first-order chi connectivity index (χ1) is 25.7. The molecule has 0 unspecified atom stereocenters. The van der Waals surface area contributed by atoms with Crippen molar-refractivity contribution in [2.24, 2.45) is 0 Å². The molecule has 0 saturated carbocycles. The molecule has 0 bridgehead atoms. The molecule has 0 aliphatic carbocycles. The van der Waals surface area contributed by atoms with E-state index in [0.717, 1.165) is 75.2 Å². The van der Waals surface area contributed by atoms with Crippen LogP contribution in [-0.4, -0.2) is 110 Å². The van der Waals surface area contributed by atoms with E-state index in [0.29, 0.717) is 42.2 Å². The van der Waals surface area contributed by atoms with Crippen molar-refractivity contribution >= 4 is 52.5 Å². The minimum absolute atomic E-state index is 0.0186. The molecule has 0 radical (unpaired) electrons. The fourth-order valence-corrected chi connectivity index (χ4v) is 6.45. The van der Waals surface area contributed by atoms with Crippen LogP contribution in [0.25, 0.3) is 0 Å². The van der Waals surface area contributed by atoms with Gasteiger partial charge in [0.15, 0.2) is 0 Å². The smallest absolute Gasteiger partial charge is 0.411 e. The van der Waals surface area contributed by atoms with E-state index in [1.807, 2.05) is 34.1 Å². The number of carbonyl (C=O) groups excluding carboxylic acids is 3. The quantitative estimate of drug-likeness (QED) is 0.171. The van der Waals surface area contributed by atoms with Gasteiger partial charge in [-0.2, -0.15) is 0 Å².